The lowest BCUT2D eigenvalue weighted by Gasteiger charge is -2.31. The van der Waals surface area contributed by atoms with Crippen molar-refractivity contribution in [3.05, 3.63) is 0 Å². The molecule has 0 aromatic carbocycles. The molecule has 0 aromatic rings. The lowest BCUT2D eigenvalue weighted by atomic mass is 9.82. The third kappa shape index (κ3) is 2.48. The molecule has 1 saturated carbocycles. The highest BCUT2D eigenvalue weighted by molar-refractivity contribution is 4.81. The maximum Gasteiger partial charge on any atom is 0.0645 e. The van der Waals surface area contributed by atoms with Gasteiger partial charge in [0, 0.05) is 0 Å². The molecule has 1 N–H and O–H groups in total. The molecular weight excluding hydrogens is 148 g/mol. The van der Waals surface area contributed by atoms with Gasteiger partial charge in [0.25, 0.3) is 0 Å². The summed E-state index contributed by atoms with van der Waals surface area (Å²) in [4.78, 5) is 0. The second-order valence-electron chi connectivity index (χ2n) is 4.40. The van der Waals surface area contributed by atoms with Gasteiger partial charge in [-0.2, -0.15) is 0 Å². The van der Waals surface area contributed by atoms with Crippen LogP contribution in [0.5, 0.6) is 0 Å². The minimum atomic E-state index is -0.398. The number of hydrogen-bond donors (Lipinski definition) is 1. The zero-order valence-electron chi connectivity index (χ0n) is 8.47. The van der Waals surface area contributed by atoms with Crippen LogP contribution >= 0.6 is 0 Å². The van der Waals surface area contributed by atoms with Crippen molar-refractivity contribution in [2.24, 2.45) is 5.92 Å². The molecule has 0 spiro atoms. The summed E-state index contributed by atoms with van der Waals surface area (Å²) in [6.07, 6.45) is 8.76. The standard InChI is InChI=1S/C11H22O/c1-3-11(2,12)10-8-6-4-5-7-9-10/h10,12H,3-9H2,1-2H3. The lowest BCUT2D eigenvalue weighted by Crippen LogP contribution is -2.33. The molecule has 12 heavy (non-hydrogen) atoms. The molecule has 1 rings (SSSR count). The van der Waals surface area contributed by atoms with Gasteiger partial charge >= 0.3 is 0 Å². The molecule has 72 valence electrons. The van der Waals surface area contributed by atoms with Crippen molar-refractivity contribution < 1.29 is 5.11 Å². The Balaban J connectivity index is 2.47. The van der Waals surface area contributed by atoms with E-state index >= 15 is 0 Å². The highest BCUT2D eigenvalue weighted by Gasteiger charge is 2.29. The van der Waals surface area contributed by atoms with Crippen molar-refractivity contribution in [2.75, 3.05) is 0 Å². The molecule has 1 nitrogen and oxygen atoms in total. The largest absolute Gasteiger partial charge is 0.390 e. The summed E-state index contributed by atoms with van der Waals surface area (Å²) < 4.78 is 0. The van der Waals surface area contributed by atoms with Crippen molar-refractivity contribution >= 4 is 0 Å². The van der Waals surface area contributed by atoms with E-state index in [2.05, 4.69) is 6.92 Å². The fourth-order valence-electron chi connectivity index (χ4n) is 2.19. The maximum atomic E-state index is 10.1. The zero-order valence-corrected chi connectivity index (χ0v) is 8.47. The Kier molecular flexibility index (Phi) is 3.57. The minimum Gasteiger partial charge on any atom is -0.390 e. The summed E-state index contributed by atoms with van der Waals surface area (Å²) in [7, 11) is 0. The monoisotopic (exact) mass is 170 g/mol. The molecule has 0 bridgehead atoms. The van der Waals surface area contributed by atoms with E-state index in [-0.39, 0.29) is 0 Å². The van der Waals surface area contributed by atoms with Gasteiger partial charge in [-0.05, 0) is 32.1 Å². The quantitative estimate of drug-likeness (QED) is 0.631. The molecule has 1 aliphatic carbocycles. The average Bonchev–Trinajstić information content (AvgIpc) is 2.32. The topological polar surface area (TPSA) is 20.2 Å². The first-order valence-corrected chi connectivity index (χ1v) is 5.39. The third-order valence-electron chi connectivity index (χ3n) is 3.45. The SMILES string of the molecule is CCC(C)(O)C1CCCCCC1. The molecule has 0 heterocycles. The highest BCUT2D eigenvalue weighted by Crippen LogP contribution is 2.33. The summed E-state index contributed by atoms with van der Waals surface area (Å²) in [5.41, 5.74) is -0.398. The van der Waals surface area contributed by atoms with Crippen LogP contribution in [0.15, 0.2) is 0 Å². The van der Waals surface area contributed by atoms with E-state index in [4.69, 9.17) is 0 Å². The fourth-order valence-corrected chi connectivity index (χ4v) is 2.19. The Bertz CT molecular complexity index is 121. The molecule has 1 atom stereocenters. The van der Waals surface area contributed by atoms with Gasteiger partial charge in [-0.1, -0.05) is 32.6 Å². The zero-order chi connectivity index (χ0) is 9.03. The number of aliphatic hydroxyl groups is 1. The first kappa shape index (κ1) is 10.0. The van der Waals surface area contributed by atoms with E-state index in [0.29, 0.717) is 5.92 Å². The molecule has 1 fully saturated rings. The van der Waals surface area contributed by atoms with Gasteiger partial charge in [0.05, 0.1) is 5.60 Å². The fraction of sp³-hybridized carbons (Fsp3) is 1.00. The second-order valence-corrected chi connectivity index (χ2v) is 4.40. The second kappa shape index (κ2) is 4.27. The maximum absolute atomic E-state index is 10.1. The van der Waals surface area contributed by atoms with Gasteiger partial charge < -0.3 is 5.11 Å². The van der Waals surface area contributed by atoms with Gasteiger partial charge in [-0.25, -0.2) is 0 Å². The third-order valence-corrected chi connectivity index (χ3v) is 3.45. The van der Waals surface area contributed by atoms with Crippen molar-refractivity contribution in [1.29, 1.82) is 0 Å². The van der Waals surface area contributed by atoms with Crippen molar-refractivity contribution in [3.8, 4) is 0 Å². The normalized spacial score (nSPS) is 26.2. The van der Waals surface area contributed by atoms with E-state index in [9.17, 15) is 5.11 Å². The summed E-state index contributed by atoms with van der Waals surface area (Å²) >= 11 is 0. The molecule has 0 aliphatic heterocycles. The van der Waals surface area contributed by atoms with Gasteiger partial charge in [-0.15, -0.1) is 0 Å². The van der Waals surface area contributed by atoms with E-state index in [1.807, 2.05) is 6.92 Å². The molecule has 1 aliphatic rings. The van der Waals surface area contributed by atoms with Crippen molar-refractivity contribution in [3.63, 3.8) is 0 Å². The molecule has 0 radical (unpaired) electrons. The molecule has 0 amide bonds. The first-order chi connectivity index (χ1) is 5.67. The number of rotatable bonds is 2. The minimum absolute atomic E-state index is 0.398. The van der Waals surface area contributed by atoms with Crippen molar-refractivity contribution in [1.82, 2.24) is 0 Å². The smallest absolute Gasteiger partial charge is 0.0645 e. The van der Waals surface area contributed by atoms with Gasteiger partial charge in [0.15, 0.2) is 0 Å². The van der Waals surface area contributed by atoms with Crippen LogP contribution in [0, 0.1) is 5.92 Å². The van der Waals surface area contributed by atoms with Crippen LogP contribution in [0.3, 0.4) is 0 Å². The molecule has 1 heteroatoms. The van der Waals surface area contributed by atoms with Crippen LogP contribution in [-0.4, -0.2) is 10.7 Å². The molecule has 0 saturated heterocycles. The summed E-state index contributed by atoms with van der Waals surface area (Å²) in [5, 5.41) is 10.1. The molecule has 1 unspecified atom stereocenters. The summed E-state index contributed by atoms with van der Waals surface area (Å²) in [5.74, 6) is 0.560. The van der Waals surface area contributed by atoms with Gasteiger partial charge in [0.2, 0.25) is 0 Å². The predicted molar refractivity (Wildman–Crippen MR) is 52.1 cm³/mol. The summed E-state index contributed by atoms with van der Waals surface area (Å²) in [6.45, 7) is 4.09. The Labute approximate surface area is 76.2 Å². The Morgan fingerprint density at radius 1 is 1.17 bits per heavy atom. The van der Waals surface area contributed by atoms with Gasteiger partial charge in [0.1, 0.15) is 0 Å². The van der Waals surface area contributed by atoms with Crippen LogP contribution in [-0.2, 0) is 0 Å². The van der Waals surface area contributed by atoms with E-state index in [0.717, 1.165) is 6.42 Å². The van der Waals surface area contributed by atoms with Crippen LogP contribution in [0.2, 0.25) is 0 Å². The Morgan fingerprint density at radius 2 is 1.67 bits per heavy atom. The highest BCUT2D eigenvalue weighted by atomic mass is 16.3. The lowest BCUT2D eigenvalue weighted by molar-refractivity contribution is -0.0108. The van der Waals surface area contributed by atoms with Crippen LogP contribution < -0.4 is 0 Å². The summed E-state index contributed by atoms with van der Waals surface area (Å²) in [6, 6.07) is 0. The Hall–Kier alpha value is -0.0400. The Morgan fingerprint density at radius 3 is 2.08 bits per heavy atom. The predicted octanol–water partition coefficient (Wildman–Crippen LogP) is 3.12. The van der Waals surface area contributed by atoms with E-state index in [1.165, 1.54) is 38.5 Å². The van der Waals surface area contributed by atoms with Crippen LogP contribution in [0.1, 0.15) is 58.8 Å². The average molecular weight is 170 g/mol. The van der Waals surface area contributed by atoms with Gasteiger partial charge in [-0.3, -0.25) is 0 Å². The molecule has 0 aromatic heterocycles. The number of hydrogen-bond acceptors (Lipinski definition) is 1. The van der Waals surface area contributed by atoms with E-state index in [1.54, 1.807) is 0 Å². The molecular formula is C11H22O. The van der Waals surface area contributed by atoms with Crippen LogP contribution in [0.25, 0.3) is 0 Å². The van der Waals surface area contributed by atoms with E-state index < -0.39 is 5.60 Å². The van der Waals surface area contributed by atoms with Crippen molar-refractivity contribution in [2.45, 2.75) is 64.4 Å². The first-order valence-electron chi connectivity index (χ1n) is 5.39. The van der Waals surface area contributed by atoms with Crippen LogP contribution in [0.4, 0.5) is 0 Å².